The van der Waals surface area contributed by atoms with Crippen molar-refractivity contribution in [3.8, 4) is 5.75 Å². The predicted octanol–water partition coefficient (Wildman–Crippen LogP) is 2.04. The molecule has 0 saturated carbocycles. The Morgan fingerprint density at radius 1 is 1.53 bits per heavy atom. The van der Waals surface area contributed by atoms with Crippen LogP contribution in [0.1, 0.15) is 18.5 Å². The molecule has 2 heterocycles. The number of carbonyl (C=O) groups excluding carboxylic acids is 1. The minimum absolute atomic E-state index is 0.0761. The zero-order valence-corrected chi connectivity index (χ0v) is 11.0. The Hall–Kier alpha value is -2.15. The minimum atomic E-state index is -0.128. The van der Waals surface area contributed by atoms with Crippen LogP contribution < -0.4 is 15.4 Å². The van der Waals surface area contributed by atoms with E-state index in [1.165, 1.54) is 11.5 Å². The molecule has 0 bridgehead atoms. The number of nitrogens with one attached hydrogen (secondary N) is 2. The molecule has 3 rings (SSSR count). The van der Waals surface area contributed by atoms with E-state index in [1.807, 2.05) is 25.1 Å². The first-order valence-corrected chi connectivity index (χ1v) is 6.60. The first kappa shape index (κ1) is 11.9. The lowest BCUT2D eigenvalue weighted by Crippen LogP contribution is -2.25. The van der Waals surface area contributed by atoms with Gasteiger partial charge in [-0.05, 0) is 24.6 Å². The van der Waals surface area contributed by atoms with Gasteiger partial charge in [-0.25, -0.2) is 0 Å². The maximum atomic E-state index is 11.3. The van der Waals surface area contributed by atoms with Gasteiger partial charge in [0, 0.05) is 17.6 Å². The molecule has 1 atom stereocenters. The minimum Gasteiger partial charge on any atom is -0.482 e. The van der Waals surface area contributed by atoms with E-state index in [0.29, 0.717) is 11.4 Å². The average Bonchev–Trinajstić information content (AvgIpc) is 2.90. The highest BCUT2D eigenvalue weighted by Gasteiger charge is 2.17. The highest BCUT2D eigenvalue weighted by molar-refractivity contribution is 7.09. The fourth-order valence-corrected chi connectivity index (χ4v) is 2.40. The van der Waals surface area contributed by atoms with Gasteiger partial charge in [-0.15, -0.1) is 5.10 Å². The van der Waals surface area contributed by atoms with Crippen LogP contribution in [0.2, 0.25) is 0 Å². The van der Waals surface area contributed by atoms with Gasteiger partial charge in [-0.1, -0.05) is 10.6 Å². The van der Waals surface area contributed by atoms with Gasteiger partial charge in [0.2, 0.25) is 0 Å². The molecule has 0 spiro atoms. The second-order valence-corrected chi connectivity index (χ2v) is 5.03. The fourth-order valence-electron chi connectivity index (χ4n) is 1.90. The van der Waals surface area contributed by atoms with Crippen LogP contribution >= 0.6 is 11.5 Å². The molecule has 1 aliphatic rings. The number of aromatic nitrogens is 2. The number of carbonyl (C=O) groups is 1. The Balaban J connectivity index is 1.81. The molecule has 2 aromatic rings. The quantitative estimate of drug-likeness (QED) is 0.897. The Labute approximate surface area is 114 Å². The summed E-state index contributed by atoms with van der Waals surface area (Å²) in [7, 11) is 0. The van der Waals surface area contributed by atoms with Crippen LogP contribution in [0.3, 0.4) is 0 Å². The van der Waals surface area contributed by atoms with Gasteiger partial charge in [0.05, 0.1) is 11.9 Å². The Kier molecular flexibility index (Phi) is 3.04. The Bertz CT molecular complexity index is 600. The molecule has 7 heteroatoms. The number of nitrogens with zero attached hydrogens (tertiary/aromatic N) is 2. The average molecular weight is 276 g/mol. The maximum absolute atomic E-state index is 11.3. The number of fused-ring (bicyclic) bond motifs is 1. The van der Waals surface area contributed by atoms with Gasteiger partial charge in [-0.2, -0.15) is 0 Å². The van der Waals surface area contributed by atoms with Crippen molar-refractivity contribution in [3.05, 3.63) is 30.0 Å². The summed E-state index contributed by atoms with van der Waals surface area (Å²) in [5.74, 6) is 0.576. The van der Waals surface area contributed by atoms with Crippen LogP contribution in [-0.4, -0.2) is 22.1 Å². The normalized spacial score (nSPS) is 15.1. The van der Waals surface area contributed by atoms with E-state index in [4.69, 9.17) is 4.74 Å². The molecular formula is C12H12N4O2S. The summed E-state index contributed by atoms with van der Waals surface area (Å²) in [6, 6.07) is 5.85. The molecule has 1 amide bonds. The van der Waals surface area contributed by atoms with E-state index in [2.05, 4.69) is 20.2 Å². The predicted molar refractivity (Wildman–Crippen MR) is 72.5 cm³/mol. The molecular weight excluding hydrogens is 264 g/mol. The number of hydrogen-bond donors (Lipinski definition) is 2. The van der Waals surface area contributed by atoms with Gasteiger partial charge in [-0.3, -0.25) is 4.79 Å². The van der Waals surface area contributed by atoms with Crippen LogP contribution in [0.5, 0.6) is 5.75 Å². The second kappa shape index (κ2) is 4.85. The number of anilines is 2. The van der Waals surface area contributed by atoms with Crippen molar-refractivity contribution in [3.63, 3.8) is 0 Å². The van der Waals surface area contributed by atoms with Crippen LogP contribution in [0.4, 0.5) is 10.7 Å². The first-order chi connectivity index (χ1) is 9.22. The van der Waals surface area contributed by atoms with Crippen molar-refractivity contribution >= 4 is 28.1 Å². The lowest BCUT2D eigenvalue weighted by Gasteiger charge is -2.20. The van der Waals surface area contributed by atoms with Crippen molar-refractivity contribution in [2.24, 2.45) is 0 Å². The number of hydrogen-bond acceptors (Lipinski definition) is 6. The van der Waals surface area contributed by atoms with E-state index >= 15 is 0 Å². The molecule has 0 radical (unpaired) electrons. The van der Waals surface area contributed by atoms with Crippen molar-refractivity contribution in [1.82, 2.24) is 9.59 Å². The third-order valence-electron chi connectivity index (χ3n) is 2.86. The first-order valence-electron chi connectivity index (χ1n) is 5.83. The molecule has 0 saturated heterocycles. The molecule has 1 aromatic carbocycles. The molecule has 19 heavy (non-hydrogen) atoms. The zero-order valence-electron chi connectivity index (χ0n) is 10.2. The van der Waals surface area contributed by atoms with Gasteiger partial charge in [0.1, 0.15) is 10.8 Å². The SMILES string of the molecule is CC(Nc1cnns1)c1ccc2c(c1)NC(=O)CO2. The Morgan fingerprint density at radius 3 is 3.21 bits per heavy atom. The van der Waals surface area contributed by atoms with E-state index in [1.54, 1.807) is 6.20 Å². The number of ether oxygens (including phenoxy) is 1. The van der Waals surface area contributed by atoms with Crippen molar-refractivity contribution in [2.45, 2.75) is 13.0 Å². The zero-order chi connectivity index (χ0) is 13.2. The fraction of sp³-hybridized carbons (Fsp3) is 0.250. The topological polar surface area (TPSA) is 76.1 Å². The summed E-state index contributed by atoms with van der Waals surface area (Å²) in [5, 5.41) is 10.8. The number of rotatable bonds is 3. The summed E-state index contributed by atoms with van der Waals surface area (Å²) in [6.45, 7) is 2.11. The highest BCUT2D eigenvalue weighted by Crippen LogP contribution is 2.31. The Morgan fingerprint density at radius 2 is 2.42 bits per heavy atom. The summed E-state index contributed by atoms with van der Waals surface area (Å²) >= 11 is 1.31. The summed E-state index contributed by atoms with van der Waals surface area (Å²) < 4.78 is 9.13. The van der Waals surface area contributed by atoms with Gasteiger partial charge in [0.15, 0.2) is 6.61 Å². The van der Waals surface area contributed by atoms with E-state index < -0.39 is 0 Å². The molecule has 98 valence electrons. The lowest BCUT2D eigenvalue weighted by atomic mass is 10.1. The summed E-state index contributed by atoms with van der Waals surface area (Å²) in [4.78, 5) is 11.3. The second-order valence-electron chi connectivity index (χ2n) is 4.24. The smallest absolute Gasteiger partial charge is 0.262 e. The maximum Gasteiger partial charge on any atom is 0.262 e. The van der Waals surface area contributed by atoms with Crippen LogP contribution in [0, 0.1) is 0 Å². The molecule has 2 N–H and O–H groups in total. The third kappa shape index (κ3) is 2.50. The van der Waals surface area contributed by atoms with Crippen molar-refractivity contribution in [2.75, 3.05) is 17.2 Å². The third-order valence-corrected chi connectivity index (χ3v) is 3.45. The lowest BCUT2D eigenvalue weighted by molar-refractivity contribution is -0.118. The summed E-state index contributed by atoms with van der Waals surface area (Å²) in [5.41, 5.74) is 1.77. The monoisotopic (exact) mass is 276 g/mol. The van der Waals surface area contributed by atoms with Crippen molar-refractivity contribution < 1.29 is 9.53 Å². The highest BCUT2D eigenvalue weighted by atomic mass is 32.1. The standard InChI is InChI=1S/C12H12N4O2S/c1-7(14-12-5-13-16-19-12)8-2-3-10-9(4-8)15-11(17)6-18-10/h2-5,7,14H,6H2,1H3,(H,15,17). The molecule has 6 nitrogen and oxygen atoms in total. The summed E-state index contributed by atoms with van der Waals surface area (Å²) in [6.07, 6.45) is 1.68. The van der Waals surface area contributed by atoms with Gasteiger partial charge in [0.25, 0.3) is 5.91 Å². The largest absolute Gasteiger partial charge is 0.482 e. The van der Waals surface area contributed by atoms with E-state index in [9.17, 15) is 4.79 Å². The van der Waals surface area contributed by atoms with E-state index in [-0.39, 0.29) is 18.6 Å². The van der Waals surface area contributed by atoms with Crippen molar-refractivity contribution in [1.29, 1.82) is 0 Å². The van der Waals surface area contributed by atoms with Crippen LogP contribution in [-0.2, 0) is 4.79 Å². The molecule has 0 fully saturated rings. The number of benzene rings is 1. The molecule has 0 aliphatic carbocycles. The van der Waals surface area contributed by atoms with Gasteiger partial charge >= 0.3 is 0 Å². The van der Waals surface area contributed by atoms with Crippen LogP contribution in [0.25, 0.3) is 0 Å². The van der Waals surface area contributed by atoms with Gasteiger partial charge < -0.3 is 15.4 Å². The van der Waals surface area contributed by atoms with Crippen LogP contribution in [0.15, 0.2) is 24.4 Å². The molecule has 1 aliphatic heterocycles. The number of amides is 1. The molecule has 1 aromatic heterocycles. The molecule has 1 unspecified atom stereocenters. The van der Waals surface area contributed by atoms with E-state index in [0.717, 1.165) is 10.6 Å².